The van der Waals surface area contributed by atoms with Crippen molar-refractivity contribution in [2.75, 3.05) is 0 Å². The van der Waals surface area contributed by atoms with Crippen molar-refractivity contribution in [1.82, 2.24) is 25.6 Å². The van der Waals surface area contributed by atoms with Gasteiger partial charge in [0.05, 0.1) is 5.56 Å². The lowest BCUT2D eigenvalue weighted by Crippen LogP contribution is -2.04. The number of benzene rings is 2. The van der Waals surface area contributed by atoms with Crippen LogP contribution in [0.4, 0.5) is 13.2 Å². The third-order valence-electron chi connectivity index (χ3n) is 4.10. The van der Waals surface area contributed by atoms with Crippen LogP contribution in [0, 0.1) is 0 Å². The van der Waals surface area contributed by atoms with Gasteiger partial charge in [-0.25, -0.2) is 0 Å². The van der Waals surface area contributed by atoms with Crippen LogP contribution in [-0.2, 0) is 6.18 Å². The molecule has 2 heterocycles. The summed E-state index contributed by atoms with van der Waals surface area (Å²) in [5.74, 6) is 0.299. The number of aromatic amines is 1. The van der Waals surface area contributed by atoms with Crippen molar-refractivity contribution < 1.29 is 13.2 Å². The van der Waals surface area contributed by atoms with E-state index in [9.17, 15) is 13.2 Å². The molecule has 0 radical (unpaired) electrons. The Bertz CT molecular complexity index is 1060. The van der Waals surface area contributed by atoms with Gasteiger partial charge >= 0.3 is 6.18 Å². The maximum absolute atomic E-state index is 13.2. The molecule has 8 heteroatoms. The van der Waals surface area contributed by atoms with Crippen LogP contribution < -0.4 is 0 Å². The third-order valence-corrected chi connectivity index (χ3v) is 4.10. The van der Waals surface area contributed by atoms with Crippen LogP contribution in [0.15, 0.2) is 67.0 Å². The van der Waals surface area contributed by atoms with Crippen molar-refractivity contribution in [3.8, 4) is 33.6 Å². The molecule has 4 aromatic rings. The summed E-state index contributed by atoms with van der Waals surface area (Å²) in [5.41, 5.74) is 2.34. The van der Waals surface area contributed by atoms with Gasteiger partial charge in [0.2, 0.25) is 5.82 Å². The largest absolute Gasteiger partial charge is 0.416 e. The lowest BCUT2D eigenvalue weighted by molar-refractivity contribution is -0.137. The average molecular weight is 367 g/mol. The van der Waals surface area contributed by atoms with Crippen molar-refractivity contribution in [3.05, 3.63) is 72.6 Å². The molecule has 0 bridgehead atoms. The molecule has 2 aromatic heterocycles. The Hall–Kier alpha value is -3.55. The number of alkyl halides is 3. The van der Waals surface area contributed by atoms with E-state index >= 15 is 0 Å². The first kappa shape index (κ1) is 16.9. The standard InChI is InChI=1S/C19H12F3N5/c20-19(21,22)14-6-1-4-12(10-14)17-15(13-5-3-9-23-11-13)7-2-8-16(17)18-24-26-27-25-18/h1-11H,(H,24,25,26,27). The van der Waals surface area contributed by atoms with E-state index in [1.165, 1.54) is 6.07 Å². The Balaban J connectivity index is 2.01. The van der Waals surface area contributed by atoms with E-state index in [-0.39, 0.29) is 0 Å². The van der Waals surface area contributed by atoms with E-state index in [1.54, 1.807) is 36.7 Å². The highest BCUT2D eigenvalue weighted by molar-refractivity contribution is 5.92. The number of hydrogen-bond acceptors (Lipinski definition) is 4. The lowest BCUT2D eigenvalue weighted by atomic mass is 9.90. The smallest absolute Gasteiger partial charge is 0.264 e. The van der Waals surface area contributed by atoms with Gasteiger partial charge in [0, 0.05) is 29.1 Å². The van der Waals surface area contributed by atoms with Gasteiger partial charge in [0.1, 0.15) is 0 Å². The molecule has 0 fully saturated rings. The number of nitrogens with one attached hydrogen (secondary N) is 1. The highest BCUT2D eigenvalue weighted by Gasteiger charge is 2.31. The summed E-state index contributed by atoms with van der Waals surface area (Å²) in [6.07, 6.45) is -1.14. The second kappa shape index (κ2) is 6.64. The normalized spacial score (nSPS) is 11.5. The number of tetrazole rings is 1. The van der Waals surface area contributed by atoms with Gasteiger partial charge in [-0.05, 0) is 34.5 Å². The molecule has 0 aliphatic carbocycles. The fourth-order valence-corrected chi connectivity index (χ4v) is 2.94. The first-order chi connectivity index (χ1) is 13.0. The summed E-state index contributed by atoms with van der Waals surface area (Å²) in [6.45, 7) is 0. The Morgan fingerprint density at radius 1 is 0.852 bits per heavy atom. The van der Waals surface area contributed by atoms with Gasteiger partial charge in [-0.2, -0.15) is 18.4 Å². The maximum Gasteiger partial charge on any atom is 0.416 e. The summed E-state index contributed by atoms with van der Waals surface area (Å²) >= 11 is 0. The number of pyridine rings is 1. The van der Waals surface area contributed by atoms with Gasteiger partial charge < -0.3 is 0 Å². The predicted molar refractivity (Wildman–Crippen MR) is 93.3 cm³/mol. The molecule has 1 N–H and O–H groups in total. The molecule has 27 heavy (non-hydrogen) atoms. The Morgan fingerprint density at radius 2 is 1.63 bits per heavy atom. The van der Waals surface area contributed by atoms with Crippen molar-refractivity contribution in [1.29, 1.82) is 0 Å². The van der Waals surface area contributed by atoms with Crippen LogP contribution in [0.3, 0.4) is 0 Å². The number of aromatic nitrogens is 5. The average Bonchev–Trinajstić information content (AvgIpc) is 3.22. The van der Waals surface area contributed by atoms with Crippen LogP contribution in [0.2, 0.25) is 0 Å². The molecule has 4 rings (SSSR count). The zero-order chi connectivity index (χ0) is 18.9. The number of rotatable bonds is 3. The number of nitrogens with zero attached hydrogens (tertiary/aromatic N) is 4. The summed E-state index contributed by atoms with van der Waals surface area (Å²) in [7, 11) is 0. The van der Waals surface area contributed by atoms with E-state index in [0.717, 1.165) is 23.3 Å². The molecule has 2 aromatic carbocycles. The van der Waals surface area contributed by atoms with E-state index in [4.69, 9.17) is 0 Å². The molecule has 0 atom stereocenters. The molecule has 5 nitrogen and oxygen atoms in total. The quantitative estimate of drug-likeness (QED) is 0.574. The van der Waals surface area contributed by atoms with Crippen LogP contribution in [0.5, 0.6) is 0 Å². The Morgan fingerprint density at radius 3 is 2.33 bits per heavy atom. The molecule has 0 unspecified atom stereocenters. The van der Waals surface area contributed by atoms with E-state index in [0.29, 0.717) is 22.5 Å². The zero-order valence-corrected chi connectivity index (χ0v) is 13.8. The van der Waals surface area contributed by atoms with Crippen LogP contribution >= 0.6 is 0 Å². The van der Waals surface area contributed by atoms with Crippen molar-refractivity contribution in [2.45, 2.75) is 6.18 Å². The monoisotopic (exact) mass is 367 g/mol. The summed E-state index contributed by atoms with van der Waals surface area (Å²) < 4.78 is 39.7. The van der Waals surface area contributed by atoms with Crippen LogP contribution in [-0.4, -0.2) is 25.6 Å². The molecule has 134 valence electrons. The summed E-state index contributed by atoms with van der Waals surface area (Å²) in [5, 5.41) is 13.9. The van der Waals surface area contributed by atoms with Crippen molar-refractivity contribution in [2.24, 2.45) is 0 Å². The van der Waals surface area contributed by atoms with Crippen molar-refractivity contribution in [3.63, 3.8) is 0 Å². The first-order valence-electron chi connectivity index (χ1n) is 7.99. The molecule has 0 aliphatic rings. The van der Waals surface area contributed by atoms with Gasteiger partial charge in [-0.3, -0.25) is 4.98 Å². The second-order valence-corrected chi connectivity index (χ2v) is 5.78. The highest BCUT2D eigenvalue weighted by Crippen LogP contribution is 2.40. The van der Waals surface area contributed by atoms with Crippen LogP contribution in [0.25, 0.3) is 33.6 Å². The van der Waals surface area contributed by atoms with Gasteiger partial charge in [0.15, 0.2) is 0 Å². The minimum atomic E-state index is -4.44. The lowest BCUT2D eigenvalue weighted by Gasteiger charge is -2.15. The second-order valence-electron chi connectivity index (χ2n) is 5.78. The minimum Gasteiger partial charge on any atom is -0.264 e. The fraction of sp³-hybridized carbons (Fsp3) is 0.0526. The summed E-state index contributed by atoms with van der Waals surface area (Å²) in [6, 6.07) is 14.2. The Labute approximate surface area is 151 Å². The number of hydrogen-bond donors (Lipinski definition) is 1. The molecule has 0 saturated heterocycles. The summed E-state index contributed by atoms with van der Waals surface area (Å²) in [4.78, 5) is 4.12. The molecule has 0 amide bonds. The highest BCUT2D eigenvalue weighted by atomic mass is 19.4. The predicted octanol–water partition coefficient (Wildman–Crippen LogP) is 4.61. The topological polar surface area (TPSA) is 67.3 Å². The number of H-pyrrole nitrogens is 1. The minimum absolute atomic E-state index is 0.299. The SMILES string of the molecule is FC(F)(F)c1cccc(-c2c(-c3cccnc3)cccc2-c2nn[nH]n2)c1. The van der Waals surface area contributed by atoms with E-state index in [2.05, 4.69) is 25.6 Å². The number of halogens is 3. The molecule has 0 spiro atoms. The first-order valence-corrected chi connectivity index (χ1v) is 7.99. The van der Waals surface area contributed by atoms with E-state index < -0.39 is 11.7 Å². The van der Waals surface area contributed by atoms with Gasteiger partial charge in [-0.1, -0.05) is 36.4 Å². The zero-order valence-electron chi connectivity index (χ0n) is 13.8. The molecule has 0 aliphatic heterocycles. The van der Waals surface area contributed by atoms with E-state index in [1.807, 2.05) is 12.1 Å². The van der Waals surface area contributed by atoms with Crippen molar-refractivity contribution >= 4 is 0 Å². The molecular formula is C19H12F3N5. The van der Waals surface area contributed by atoms with Gasteiger partial charge in [0.25, 0.3) is 0 Å². The fourth-order valence-electron chi connectivity index (χ4n) is 2.94. The Kier molecular flexibility index (Phi) is 4.15. The molecular weight excluding hydrogens is 355 g/mol. The maximum atomic E-state index is 13.2. The molecule has 0 saturated carbocycles. The van der Waals surface area contributed by atoms with Crippen LogP contribution in [0.1, 0.15) is 5.56 Å². The third kappa shape index (κ3) is 3.29. The van der Waals surface area contributed by atoms with Gasteiger partial charge in [-0.15, -0.1) is 10.2 Å².